The lowest BCUT2D eigenvalue weighted by atomic mass is 9.86. The molecule has 3 N–H and O–H groups in total. The first-order valence-corrected chi connectivity index (χ1v) is 9.30. The number of nitrogens with zero attached hydrogens (tertiary/aromatic N) is 1. The molecule has 1 aliphatic carbocycles. The van der Waals surface area contributed by atoms with Crippen molar-refractivity contribution in [2.75, 3.05) is 13.1 Å². The lowest BCUT2D eigenvalue weighted by Gasteiger charge is -2.42. The Labute approximate surface area is 148 Å². The maximum atomic E-state index is 12.8. The van der Waals surface area contributed by atoms with Crippen LogP contribution in [0.4, 0.5) is 13.2 Å². The van der Waals surface area contributed by atoms with Crippen LogP contribution in [0, 0.1) is 0 Å². The van der Waals surface area contributed by atoms with Gasteiger partial charge < -0.3 is 10.2 Å². The van der Waals surface area contributed by atoms with E-state index in [0.29, 0.717) is 37.6 Å². The second-order valence-corrected chi connectivity index (χ2v) is 7.76. The predicted octanol–water partition coefficient (Wildman–Crippen LogP) is 1.63. The second-order valence-electron chi connectivity index (χ2n) is 6.08. The molecule has 2 rings (SSSR count). The van der Waals surface area contributed by atoms with E-state index in [4.69, 9.17) is 5.11 Å². The summed E-state index contributed by atoms with van der Waals surface area (Å²) in [5.41, 5.74) is -1.18. The summed E-state index contributed by atoms with van der Waals surface area (Å²) < 4.78 is 65.2. The van der Waals surface area contributed by atoms with Crippen molar-refractivity contribution in [2.45, 2.75) is 42.9 Å². The van der Waals surface area contributed by atoms with Crippen LogP contribution in [0.15, 0.2) is 23.1 Å². The number of halogens is 3. The Hall–Kier alpha value is -1.85. The van der Waals surface area contributed by atoms with Crippen molar-refractivity contribution in [3.05, 3.63) is 23.8 Å². The van der Waals surface area contributed by atoms with Gasteiger partial charge in [-0.2, -0.15) is 13.2 Å². The fourth-order valence-corrected chi connectivity index (χ4v) is 4.23. The van der Waals surface area contributed by atoms with Crippen LogP contribution in [0.25, 0.3) is 0 Å². The topological polar surface area (TPSA) is 107 Å². The standard InChI is InChI=1S/C15H19F3N2O5S/c1-2-20(8-14(22)23)11-6-10(7-11)19-26(24,25)13-5-9(15(16,17)18)3-4-12(13)21/h3-5,10-11,19,21H,2,6-8H2,1H3,(H,22,23). The molecular formula is C15H19F3N2O5S. The van der Waals surface area contributed by atoms with E-state index in [9.17, 15) is 31.5 Å². The van der Waals surface area contributed by atoms with Gasteiger partial charge in [-0.1, -0.05) is 6.92 Å². The number of aliphatic carboxylic acids is 1. The molecule has 0 radical (unpaired) electrons. The summed E-state index contributed by atoms with van der Waals surface area (Å²) in [5.74, 6) is -1.77. The minimum atomic E-state index is -4.74. The minimum absolute atomic E-state index is 0.126. The van der Waals surface area contributed by atoms with E-state index in [1.807, 2.05) is 0 Å². The highest BCUT2D eigenvalue weighted by Crippen LogP contribution is 2.35. The Balaban J connectivity index is 2.08. The van der Waals surface area contributed by atoms with Crippen molar-refractivity contribution >= 4 is 16.0 Å². The highest BCUT2D eigenvalue weighted by Gasteiger charge is 2.38. The van der Waals surface area contributed by atoms with E-state index >= 15 is 0 Å². The molecule has 146 valence electrons. The quantitative estimate of drug-likeness (QED) is 0.647. The van der Waals surface area contributed by atoms with E-state index in [0.717, 1.165) is 0 Å². The number of phenolic OH excluding ortho intramolecular Hbond substituents is 1. The first-order chi connectivity index (χ1) is 11.9. The molecule has 0 bridgehead atoms. The van der Waals surface area contributed by atoms with Crippen LogP contribution in [-0.4, -0.2) is 54.7 Å². The van der Waals surface area contributed by atoms with Gasteiger partial charge in [-0.3, -0.25) is 9.69 Å². The van der Waals surface area contributed by atoms with Crippen LogP contribution in [0.5, 0.6) is 5.75 Å². The Morgan fingerprint density at radius 3 is 2.46 bits per heavy atom. The van der Waals surface area contributed by atoms with Gasteiger partial charge in [-0.25, -0.2) is 13.1 Å². The first-order valence-electron chi connectivity index (χ1n) is 7.82. The molecule has 0 unspecified atom stereocenters. The maximum absolute atomic E-state index is 12.8. The number of carbonyl (C=O) groups is 1. The first kappa shape index (κ1) is 20.5. The molecule has 0 aliphatic heterocycles. The summed E-state index contributed by atoms with van der Waals surface area (Å²) in [7, 11) is -4.35. The zero-order chi connectivity index (χ0) is 19.7. The molecule has 1 aromatic rings. The molecule has 1 saturated carbocycles. The summed E-state index contributed by atoms with van der Waals surface area (Å²) in [5, 5.41) is 18.5. The SMILES string of the molecule is CCN(CC(=O)O)C1CC(NS(=O)(=O)c2cc(C(F)(F)F)ccc2O)C1. The Kier molecular flexibility index (Phi) is 5.83. The third kappa shape index (κ3) is 4.65. The highest BCUT2D eigenvalue weighted by molar-refractivity contribution is 7.89. The van der Waals surface area contributed by atoms with Crippen LogP contribution in [0.3, 0.4) is 0 Å². The summed E-state index contributed by atoms with van der Waals surface area (Å²) in [6.07, 6.45) is -4.07. The average molecular weight is 396 g/mol. The number of hydrogen-bond acceptors (Lipinski definition) is 5. The smallest absolute Gasteiger partial charge is 0.416 e. The monoisotopic (exact) mass is 396 g/mol. The van der Waals surface area contributed by atoms with Gasteiger partial charge in [-0.15, -0.1) is 0 Å². The Morgan fingerprint density at radius 1 is 1.35 bits per heavy atom. The van der Waals surface area contributed by atoms with Crippen LogP contribution >= 0.6 is 0 Å². The van der Waals surface area contributed by atoms with Gasteiger partial charge in [0.1, 0.15) is 10.6 Å². The zero-order valence-corrected chi connectivity index (χ0v) is 14.6. The number of hydrogen-bond donors (Lipinski definition) is 3. The predicted molar refractivity (Wildman–Crippen MR) is 85.1 cm³/mol. The fraction of sp³-hybridized carbons (Fsp3) is 0.533. The number of phenols is 1. The van der Waals surface area contributed by atoms with Gasteiger partial charge in [0.2, 0.25) is 10.0 Å². The summed E-state index contributed by atoms with van der Waals surface area (Å²) in [6.45, 7) is 2.08. The molecule has 11 heteroatoms. The number of nitrogens with one attached hydrogen (secondary N) is 1. The Morgan fingerprint density at radius 2 is 1.96 bits per heavy atom. The third-order valence-electron chi connectivity index (χ3n) is 4.27. The van der Waals surface area contributed by atoms with Crippen molar-refractivity contribution in [3.8, 4) is 5.75 Å². The Bertz CT molecular complexity index is 776. The molecule has 0 heterocycles. The van der Waals surface area contributed by atoms with Gasteiger partial charge in [0.15, 0.2) is 0 Å². The van der Waals surface area contributed by atoms with Gasteiger partial charge in [-0.05, 0) is 37.6 Å². The summed E-state index contributed by atoms with van der Waals surface area (Å²) in [4.78, 5) is 11.6. The lowest BCUT2D eigenvalue weighted by Crippen LogP contribution is -2.54. The van der Waals surface area contributed by atoms with E-state index in [1.54, 1.807) is 11.8 Å². The number of benzene rings is 1. The maximum Gasteiger partial charge on any atom is 0.416 e. The minimum Gasteiger partial charge on any atom is -0.507 e. The average Bonchev–Trinajstić information content (AvgIpc) is 2.47. The molecule has 0 amide bonds. The second kappa shape index (κ2) is 7.41. The van der Waals surface area contributed by atoms with Crippen molar-refractivity contribution < 1.29 is 36.6 Å². The fourth-order valence-electron chi connectivity index (χ4n) is 2.84. The number of sulfonamides is 1. The number of likely N-dealkylation sites (N-methyl/N-ethyl adjacent to an activating group) is 1. The van der Waals surface area contributed by atoms with Crippen molar-refractivity contribution in [2.24, 2.45) is 0 Å². The highest BCUT2D eigenvalue weighted by atomic mass is 32.2. The van der Waals surface area contributed by atoms with Crippen LogP contribution in [0.2, 0.25) is 0 Å². The molecule has 26 heavy (non-hydrogen) atoms. The number of aromatic hydroxyl groups is 1. The van der Waals surface area contributed by atoms with E-state index < -0.39 is 44.4 Å². The van der Waals surface area contributed by atoms with E-state index in [1.165, 1.54) is 0 Å². The van der Waals surface area contributed by atoms with E-state index in [2.05, 4.69) is 4.72 Å². The number of carboxylic acid groups (broad SMARTS) is 1. The third-order valence-corrected chi connectivity index (χ3v) is 5.82. The summed E-state index contributed by atoms with van der Waals surface area (Å²) >= 11 is 0. The molecule has 0 atom stereocenters. The van der Waals surface area contributed by atoms with Gasteiger partial charge >= 0.3 is 12.1 Å². The van der Waals surface area contributed by atoms with Crippen LogP contribution in [-0.2, 0) is 21.0 Å². The van der Waals surface area contributed by atoms with Gasteiger partial charge in [0.05, 0.1) is 12.1 Å². The molecule has 0 spiro atoms. The summed E-state index contributed by atoms with van der Waals surface area (Å²) in [6, 6.07) is 1.00. The zero-order valence-electron chi connectivity index (χ0n) is 13.8. The number of alkyl halides is 3. The number of rotatable bonds is 7. The molecule has 7 nitrogen and oxygen atoms in total. The largest absolute Gasteiger partial charge is 0.507 e. The van der Waals surface area contributed by atoms with Crippen molar-refractivity contribution in [3.63, 3.8) is 0 Å². The molecule has 1 aromatic carbocycles. The van der Waals surface area contributed by atoms with Crippen LogP contribution < -0.4 is 4.72 Å². The van der Waals surface area contributed by atoms with Crippen molar-refractivity contribution in [1.29, 1.82) is 0 Å². The van der Waals surface area contributed by atoms with Gasteiger partial charge in [0, 0.05) is 12.1 Å². The van der Waals surface area contributed by atoms with Crippen molar-refractivity contribution in [1.82, 2.24) is 9.62 Å². The lowest BCUT2D eigenvalue weighted by molar-refractivity contribution is -0.139. The normalized spacial score (nSPS) is 20.8. The molecule has 0 saturated heterocycles. The van der Waals surface area contributed by atoms with Crippen LogP contribution in [0.1, 0.15) is 25.3 Å². The molecule has 0 aromatic heterocycles. The van der Waals surface area contributed by atoms with Gasteiger partial charge in [0.25, 0.3) is 0 Å². The molecular weight excluding hydrogens is 377 g/mol. The number of carboxylic acids is 1. The van der Waals surface area contributed by atoms with E-state index in [-0.39, 0.29) is 12.6 Å². The molecule has 1 aliphatic rings. The molecule has 1 fully saturated rings.